The Bertz CT molecular complexity index is 1120. The third-order valence-electron chi connectivity index (χ3n) is 8.38. The van der Waals surface area contributed by atoms with Crippen LogP contribution in [0.1, 0.15) is 117 Å². The summed E-state index contributed by atoms with van der Waals surface area (Å²) in [7, 11) is 0. The molecule has 2 N–H and O–H groups in total. The molecule has 2 aromatic rings. The van der Waals surface area contributed by atoms with Gasteiger partial charge in [-0.05, 0) is 74.9 Å². The number of unbranched alkanes of at least 4 members (excludes halogenated alkanes) is 4. The molecule has 2 aliphatic rings. The highest BCUT2D eigenvalue weighted by molar-refractivity contribution is 5.98. The molecule has 0 atom stereocenters. The van der Waals surface area contributed by atoms with Crippen LogP contribution in [0.2, 0.25) is 0 Å². The lowest BCUT2D eigenvalue weighted by Crippen LogP contribution is -2.31. The van der Waals surface area contributed by atoms with Crippen molar-refractivity contribution in [1.29, 1.82) is 0 Å². The van der Waals surface area contributed by atoms with Gasteiger partial charge in [0.05, 0.1) is 0 Å². The second kappa shape index (κ2) is 17.4. The summed E-state index contributed by atoms with van der Waals surface area (Å²) in [6.07, 6.45) is 14.1. The summed E-state index contributed by atoms with van der Waals surface area (Å²) >= 11 is 0. The maximum absolute atomic E-state index is 12.9. The predicted octanol–water partition coefficient (Wildman–Crippen LogP) is 7.03. The van der Waals surface area contributed by atoms with Gasteiger partial charge in [0.2, 0.25) is 11.8 Å². The van der Waals surface area contributed by atoms with Crippen molar-refractivity contribution in [3.05, 3.63) is 59.7 Å². The number of hydrogen-bond donors (Lipinski definition) is 2. The zero-order valence-corrected chi connectivity index (χ0v) is 25.6. The summed E-state index contributed by atoms with van der Waals surface area (Å²) in [6, 6.07) is 14.5. The van der Waals surface area contributed by atoms with Gasteiger partial charge in [0.1, 0.15) is 0 Å². The Morgan fingerprint density at radius 3 is 1.28 bits per heavy atom. The molecule has 2 saturated heterocycles. The van der Waals surface area contributed by atoms with Gasteiger partial charge < -0.3 is 20.4 Å². The topological polar surface area (TPSA) is 98.8 Å². The molecule has 8 nitrogen and oxygen atoms in total. The molecule has 232 valence electrons. The van der Waals surface area contributed by atoms with Gasteiger partial charge >= 0.3 is 0 Å². The van der Waals surface area contributed by atoms with Crippen molar-refractivity contribution in [3.8, 4) is 0 Å². The number of likely N-dealkylation sites (tertiary alicyclic amines) is 2. The fraction of sp³-hybridized carbons (Fsp3) is 0.543. The van der Waals surface area contributed by atoms with Crippen molar-refractivity contribution >= 4 is 35.0 Å². The van der Waals surface area contributed by atoms with Gasteiger partial charge in [0.25, 0.3) is 11.8 Å². The van der Waals surface area contributed by atoms with Crippen molar-refractivity contribution in [2.45, 2.75) is 96.3 Å². The number of benzene rings is 2. The van der Waals surface area contributed by atoms with Gasteiger partial charge in [-0.25, -0.2) is 0 Å². The first-order valence-corrected chi connectivity index (χ1v) is 16.4. The minimum Gasteiger partial charge on any atom is -0.339 e. The van der Waals surface area contributed by atoms with Crippen LogP contribution in [0.3, 0.4) is 0 Å². The smallest absolute Gasteiger partial charge is 0.253 e. The van der Waals surface area contributed by atoms with Crippen molar-refractivity contribution in [1.82, 2.24) is 9.80 Å². The molecule has 0 unspecified atom stereocenters. The first-order valence-electron chi connectivity index (χ1n) is 16.4. The van der Waals surface area contributed by atoms with Crippen LogP contribution in [0.25, 0.3) is 0 Å². The van der Waals surface area contributed by atoms with Crippen molar-refractivity contribution in [2.24, 2.45) is 0 Å². The summed E-state index contributed by atoms with van der Waals surface area (Å²) in [5.41, 5.74) is 2.57. The van der Waals surface area contributed by atoms with Crippen LogP contribution in [0.5, 0.6) is 0 Å². The zero-order valence-electron chi connectivity index (χ0n) is 25.6. The van der Waals surface area contributed by atoms with E-state index in [0.29, 0.717) is 35.3 Å². The monoisotopic (exact) mass is 588 g/mol. The van der Waals surface area contributed by atoms with E-state index < -0.39 is 0 Å². The molecule has 0 aromatic heterocycles. The molecule has 43 heavy (non-hydrogen) atoms. The van der Waals surface area contributed by atoms with E-state index in [4.69, 9.17) is 0 Å². The van der Waals surface area contributed by atoms with E-state index in [9.17, 15) is 19.2 Å². The summed E-state index contributed by atoms with van der Waals surface area (Å²) in [5, 5.41) is 5.88. The molecule has 0 bridgehead atoms. The highest BCUT2D eigenvalue weighted by Gasteiger charge is 2.19. The maximum Gasteiger partial charge on any atom is 0.253 e. The molecule has 0 spiro atoms. The van der Waals surface area contributed by atoms with E-state index in [2.05, 4.69) is 10.6 Å². The Morgan fingerprint density at radius 2 is 0.884 bits per heavy atom. The molecule has 2 fully saturated rings. The minimum atomic E-state index is -0.0460. The number of carbonyl (C=O) groups is 4. The number of rotatable bonds is 12. The standard InChI is InChI=1S/C35H48N4O4/c40-32(36-30-18-14-16-28(26-30)34(42)38-22-10-4-5-11-23-38)20-8-2-1-3-9-21-33(41)37-31-19-15-17-29(27-31)35(43)39-24-12-6-7-13-25-39/h14-19,26-27H,1-13,20-25H2,(H,36,40)(H,37,41). The maximum atomic E-state index is 12.9. The Kier molecular flexibility index (Phi) is 13.1. The zero-order chi connectivity index (χ0) is 30.3. The summed E-state index contributed by atoms with van der Waals surface area (Å²) in [4.78, 5) is 54.6. The van der Waals surface area contributed by atoms with E-state index in [-0.39, 0.29) is 23.6 Å². The molecule has 4 amide bonds. The van der Waals surface area contributed by atoms with Gasteiger partial charge in [0.15, 0.2) is 0 Å². The van der Waals surface area contributed by atoms with E-state index in [0.717, 1.165) is 84.0 Å². The average molecular weight is 589 g/mol. The van der Waals surface area contributed by atoms with Crippen LogP contribution in [0, 0.1) is 0 Å². The van der Waals surface area contributed by atoms with Crippen LogP contribution in [0.15, 0.2) is 48.5 Å². The lowest BCUT2D eigenvalue weighted by atomic mass is 10.1. The molecule has 2 aromatic carbocycles. The first kappa shape index (κ1) is 32.2. The van der Waals surface area contributed by atoms with Crippen molar-refractivity contribution < 1.29 is 19.2 Å². The van der Waals surface area contributed by atoms with Gasteiger partial charge in [-0.1, -0.05) is 57.1 Å². The third kappa shape index (κ3) is 10.8. The van der Waals surface area contributed by atoms with Crippen LogP contribution in [-0.4, -0.2) is 59.6 Å². The molecule has 0 aliphatic carbocycles. The third-order valence-corrected chi connectivity index (χ3v) is 8.38. The van der Waals surface area contributed by atoms with Crippen LogP contribution in [0.4, 0.5) is 11.4 Å². The van der Waals surface area contributed by atoms with Gasteiger partial charge in [-0.15, -0.1) is 0 Å². The number of anilines is 2. The largest absolute Gasteiger partial charge is 0.339 e. The van der Waals surface area contributed by atoms with E-state index in [1.807, 2.05) is 46.2 Å². The van der Waals surface area contributed by atoms with Crippen molar-refractivity contribution in [3.63, 3.8) is 0 Å². The lowest BCUT2D eigenvalue weighted by Gasteiger charge is -2.20. The number of nitrogens with zero attached hydrogens (tertiary/aromatic N) is 2. The molecular formula is C35H48N4O4. The van der Waals surface area contributed by atoms with Crippen LogP contribution in [-0.2, 0) is 9.59 Å². The van der Waals surface area contributed by atoms with Gasteiger partial charge in [-0.3, -0.25) is 19.2 Å². The number of carbonyl (C=O) groups excluding carboxylic acids is 4. The predicted molar refractivity (Wildman–Crippen MR) is 171 cm³/mol. The average Bonchev–Trinajstić information content (AvgIpc) is 3.46. The van der Waals surface area contributed by atoms with E-state index in [1.165, 1.54) is 25.7 Å². The van der Waals surface area contributed by atoms with Gasteiger partial charge in [-0.2, -0.15) is 0 Å². The summed E-state index contributed by atoms with van der Waals surface area (Å²) < 4.78 is 0. The van der Waals surface area contributed by atoms with Crippen LogP contribution < -0.4 is 10.6 Å². The minimum absolute atomic E-state index is 0.0403. The molecule has 2 heterocycles. The van der Waals surface area contributed by atoms with E-state index >= 15 is 0 Å². The second-order valence-corrected chi connectivity index (χ2v) is 11.9. The highest BCUT2D eigenvalue weighted by Crippen LogP contribution is 2.19. The normalized spacial score (nSPS) is 15.7. The van der Waals surface area contributed by atoms with Gasteiger partial charge in [0, 0.05) is 61.5 Å². The molecular weight excluding hydrogens is 540 g/mol. The number of hydrogen-bond acceptors (Lipinski definition) is 4. The molecule has 0 saturated carbocycles. The molecule has 2 aliphatic heterocycles. The molecule has 4 rings (SSSR count). The lowest BCUT2D eigenvalue weighted by molar-refractivity contribution is -0.117. The Hall–Kier alpha value is -3.68. The first-order chi connectivity index (χ1) is 21.0. The molecule has 8 heteroatoms. The quantitative estimate of drug-likeness (QED) is 0.260. The fourth-order valence-corrected chi connectivity index (χ4v) is 5.92. The van der Waals surface area contributed by atoms with E-state index in [1.54, 1.807) is 12.1 Å². The Morgan fingerprint density at radius 1 is 0.512 bits per heavy atom. The number of amides is 4. The summed E-state index contributed by atoms with van der Waals surface area (Å²) in [5.74, 6) is -0.0115. The Balaban J connectivity index is 1.09. The summed E-state index contributed by atoms with van der Waals surface area (Å²) in [6.45, 7) is 3.20. The second-order valence-electron chi connectivity index (χ2n) is 11.9. The highest BCUT2D eigenvalue weighted by atomic mass is 16.2. The van der Waals surface area contributed by atoms with Crippen molar-refractivity contribution in [2.75, 3.05) is 36.8 Å². The number of nitrogens with one attached hydrogen (secondary N) is 2. The van der Waals surface area contributed by atoms with Crippen LogP contribution >= 0.6 is 0 Å². The Labute approximate surface area is 256 Å². The molecule has 0 radical (unpaired) electrons. The fourth-order valence-electron chi connectivity index (χ4n) is 5.92. The SMILES string of the molecule is O=C(CCCCCCCC(=O)Nc1cccc(C(=O)N2CCCCCC2)c1)Nc1cccc(C(=O)N2CCCCCC2)c1.